The maximum Gasteiger partial charge on any atom is 0.266 e. The van der Waals surface area contributed by atoms with Crippen molar-refractivity contribution in [1.82, 2.24) is 4.98 Å². The van der Waals surface area contributed by atoms with E-state index in [2.05, 4.69) is 11.9 Å². The van der Waals surface area contributed by atoms with Crippen molar-refractivity contribution in [1.29, 1.82) is 0 Å². The highest BCUT2D eigenvalue weighted by Gasteiger charge is 2.18. The Morgan fingerprint density at radius 2 is 1.72 bits per heavy atom. The monoisotopic (exact) mass is 389 g/mol. The van der Waals surface area contributed by atoms with Gasteiger partial charge < -0.3 is 9.64 Å². The van der Waals surface area contributed by atoms with Crippen LogP contribution in [-0.2, 0) is 11.3 Å². The van der Waals surface area contributed by atoms with Crippen molar-refractivity contribution in [3.8, 4) is 5.75 Å². The number of amides is 1. The predicted molar refractivity (Wildman–Crippen MR) is 118 cm³/mol. The van der Waals surface area contributed by atoms with Crippen molar-refractivity contribution in [3.63, 3.8) is 0 Å². The van der Waals surface area contributed by atoms with Crippen LogP contribution in [-0.4, -0.2) is 31.6 Å². The average molecular weight is 389 g/mol. The highest BCUT2D eigenvalue weighted by atomic mass is 16.5. The first-order chi connectivity index (χ1) is 13.9. The van der Waals surface area contributed by atoms with Crippen molar-refractivity contribution >= 4 is 17.4 Å². The minimum atomic E-state index is -0.140. The number of benzene rings is 2. The highest BCUT2D eigenvalue weighted by molar-refractivity contribution is 5.93. The Kier molecular flexibility index (Phi) is 6.50. The number of hydrogen-bond donors (Lipinski definition) is 0. The zero-order chi connectivity index (χ0) is 20.8. The fraction of sp³-hybridized carbons (Fsp3) is 0.250. The number of aryl methyl sites for hydroxylation is 2. The molecule has 0 radical (unpaired) electrons. The Labute approximate surface area is 172 Å². The van der Waals surface area contributed by atoms with Gasteiger partial charge in [0.05, 0.1) is 6.54 Å². The minimum Gasteiger partial charge on any atom is -0.484 e. The van der Waals surface area contributed by atoms with Crippen LogP contribution in [0.5, 0.6) is 5.75 Å². The number of rotatable bonds is 7. The van der Waals surface area contributed by atoms with Crippen molar-refractivity contribution < 1.29 is 9.53 Å². The maximum atomic E-state index is 13.0. The number of ether oxygens (including phenoxy) is 1. The van der Waals surface area contributed by atoms with Crippen LogP contribution in [0.25, 0.3) is 0 Å². The summed E-state index contributed by atoms with van der Waals surface area (Å²) in [7, 11) is 4.01. The summed E-state index contributed by atoms with van der Waals surface area (Å²) in [4.78, 5) is 21.1. The Morgan fingerprint density at radius 3 is 2.34 bits per heavy atom. The molecule has 5 heteroatoms. The lowest BCUT2D eigenvalue weighted by atomic mass is 10.1. The van der Waals surface area contributed by atoms with Crippen LogP contribution < -0.4 is 14.5 Å². The van der Waals surface area contributed by atoms with Gasteiger partial charge in [-0.3, -0.25) is 9.69 Å². The standard InChI is InChI=1S/C24H27N3O2/c1-18-8-13-22(15-19(18)2)29-17-24(28)27(23-7-5-6-14-25-23)16-20-9-11-21(12-10-20)26(3)4/h5-15H,16-17H2,1-4H3. The van der Waals surface area contributed by atoms with Crippen molar-refractivity contribution in [2.75, 3.05) is 30.5 Å². The molecule has 0 N–H and O–H groups in total. The second-order valence-corrected chi connectivity index (χ2v) is 7.26. The van der Waals surface area contributed by atoms with Gasteiger partial charge in [-0.1, -0.05) is 24.3 Å². The summed E-state index contributed by atoms with van der Waals surface area (Å²) in [6.45, 7) is 4.46. The number of carbonyl (C=O) groups is 1. The number of hydrogen-bond acceptors (Lipinski definition) is 4. The molecule has 0 spiro atoms. The van der Waals surface area contributed by atoms with Gasteiger partial charge in [0.1, 0.15) is 11.6 Å². The van der Waals surface area contributed by atoms with Gasteiger partial charge in [0.25, 0.3) is 5.91 Å². The molecule has 3 aromatic rings. The smallest absolute Gasteiger partial charge is 0.266 e. The molecule has 0 aliphatic heterocycles. The molecule has 0 saturated carbocycles. The Morgan fingerprint density at radius 1 is 0.966 bits per heavy atom. The van der Waals surface area contributed by atoms with Gasteiger partial charge in [-0.15, -0.1) is 0 Å². The van der Waals surface area contributed by atoms with Crippen molar-refractivity contribution in [3.05, 3.63) is 83.6 Å². The van der Waals surface area contributed by atoms with E-state index in [1.807, 2.05) is 86.6 Å². The Bertz CT molecular complexity index is 954. The molecule has 2 aromatic carbocycles. The molecular weight excluding hydrogens is 362 g/mol. The summed E-state index contributed by atoms with van der Waals surface area (Å²) in [5, 5.41) is 0. The van der Waals surface area contributed by atoms with Gasteiger partial charge >= 0.3 is 0 Å². The summed E-state index contributed by atoms with van der Waals surface area (Å²) < 4.78 is 5.77. The molecule has 0 aliphatic carbocycles. The van der Waals surface area contributed by atoms with Crippen LogP contribution in [0.3, 0.4) is 0 Å². The summed E-state index contributed by atoms with van der Waals surface area (Å²) in [6.07, 6.45) is 1.69. The van der Waals surface area contributed by atoms with E-state index in [9.17, 15) is 4.79 Å². The molecule has 150 valence electrons. The zero-order valence-corrected chi connectivity index (χ0v) is 17.4. The normalized spacial score (nSPS) is 10.5. The third-order valence-corrected chi connectivity index (χ3v) is 4.86. The lowest BCUT2D eigenvalue weighted by Crippen LogP contribution is -2.35. The van der Waals surface area contributed by atoms with Crippen LogP contribution in [0, 0.1) is 13.8 Å². The predicted octanol–water partition coefficient (Wildman–Crippen LogP) is 4.38. The molecular formula is C24H27N3O2. The van der Waals surface area contributed by atoms with E-state index in [1.54, 1.807) is 11.1 Å². The molecule has 1 aromatic heterocycles. The zero-order valence-electron chi connectivity index (χ0n) is 17.4. The molecule has 0 fully saturated rings. The molecule has 0 saturated heterocycles. The number of aromatic nitrogens is 1. The van der Waals surface area contributed by atoms with Crippen LogP contribution in [0.2, 0.25) is 0 Å². The molecule has 0 aliphatic rings. The van der Waals surface area contributed by atoms with E-state index in [1.165, 1.54) is 5.56 Å². The first kappa shape index (κ1) is 20.4. The molecule has 1 amide bonds. The van der Waals surface area contributed by atoms with Gasteiger partial charge in [-0.25, -0.2) is 4.98 Å². The van der Waals surface area contributed by atoms with E-state index < -0.39 is 0 Å². The van der Waals surface area contributed by atoms with Gasteiger partial charge in [0, 0.05) is 26.0 Å². The van der Waals surface area contributed by atoms with E-state index in [-0.39, 0.29) is 12.5 Å². The van der Waals surface area contributed by atoms with E-state index in [0.29, 0.717) is 18.1 Å². The second-order valence-electron chi connectivity index (χ2n) is 7.26. The van der Waals surface area contributed by atoms with Crippen LogP contribution >= 0.6 is 0 Å². The molecule has 29 heavy (non-hydrogen) atoms. The third-order valence-electron chi connectivity index (χ3n) is 4.86. The Hall–Kier alpha value is -3.34. The summed E-state index contributed by atoms with van der Waals surface area (Å²) in [5.74, 6) is 1.16. The number of nitrogens with zero attached hydrogens (tertiary/aromatic N) is 3. The Balaban J connectivity index is 1.76. The average Bonchev–Trinajstić information content (AvgIpc) is 2.73. The van der Waals surface area contributed by atoms with E-state index in [4.69, 9.17) is 4.74 Å². The molecule has 0 bridgehead atoms. The maximum absolute atomic E-state index is 13.0. The lowest BCUT2D eigenvalue weighted by Gasteiger charge is -2.22. The fourth-order valence-electron chi connectivity index (χ4n) is 2.92. The first-order valence-corrected chi connectivity index (χ1v) is 9.62. The van der Waals surface area contributed by atoms with Crippen LogP contribution in [0.4, 0.5) is 11.5 Å². The van der Waals surface area contributed by atoms with E-state index >= 15 is 0 Å². The highest BCUT2D eigenvalue weighted by Crippen LogP contribution is 2.19. The quantitative estimate of drug-likeness (QED) is 0.602. The molecule has 5 nitrogen and oxygen atoms in total. The van der Waals surface area contributed by atoms with Gasteiger partial charge in [-0.05, 0) is 66.9 Å². The molecule has 0 unspecified atom stereocenters. The summed E-state index contributed by atoms with van der Waals surface area (Å²) in [6, 6.07) is 19.5. The third kappa shape index (κ3) is 5.35. The van der Waals surface area contributed by atoms with Crippen LogP contribution in [0.15, 0.2) is 66.9 Å². The topological polar surface area (TPSA) is 45.7 Å². The van der Waals surface area contributed by atoms with Gasteiger partial charge in [0.2, 0.25) is 0 Å². The first-order valence-electron chi connectivity index (χ1n) is 9.62. The SMILES string of the molecule is Cc1ccc(OCC(=O)N(Cc2ccc(N(C)C)cc2)c2ccccn2)cc1C. The van der Waals surface area contributed by atoms with Crippen molar-refractivity contribution in [2.45, 2.75) is 20.4 Å². The molecule has 3 rings (SSSR count). The molecule has 0 atom stereocenters. The van der Waals surface area contributed by atoms with Crippen LogP contribution in [0.1, 0.15) is 16.7 Å². The second kappa shape index (κ2) is 9.24. The van der Waals surface area contributed by atoms with Gasteiger partial charge in [0.15, 0.2) is 6.61 Å². The summed E-state index contributed by atoms with van der Waals surface area (Å²) in [5.41, 5.74) is 4.47. The van der Waals surface area contributed by atoms with Gasteiger partial charge in [-0.2, -0.15) is 0 Å². The number of pyridine rings is 1. The van der Waals surface area contributed by atoms with E-state index in [0.717, 1.165) is 16.8 Å². The lowest BCUT2D eigenvalue weighted by molar-refractivity contribution is -0.120. The minimum absolute atomic E-state index is 0.0468. The fourth-order valence-corrected chi connectivity index (χ4v) is 2.92. The van der Waals surface area contributed by atoms with Crippen molar-refractivity contribution in [2.24, 2.45) is 0 Å². The molecule has 1 heterocycles. The summed E-state index contributed by atoms with van der Waals surface area (Å²) >= 11 is 0. The number of carbonyl (C=O) groups excluding carboxylic acids is 1. The largest absolute Gasteiger partial charge is 0.484 e. The number of anilines is 2.